The van der Waals surface area contributed by atoms with Crippen LogP contribution in [0.3, 0.4) is 0 Å². The van der Waals surface area contributed by atoms with Crippen LogP contribution in [0, 0.1) is 23.2 Å². The molecule has 0 aliphatic rings. The second kappa shape index (κ2) is 20.3. The van der Waals surface area contributed by atoms with E-state index in [0.717, 1.165) is 32.8 Å². The van der Waals surface area contributed by atoms with E-state index in [1.807, 2.05) is 0 Å². The second-order valence-corrected chi connectivity index (χ2v) is 12.3. The van der Waals surface area contributed by atoms with Crippen molar-refractivity contribution in [1.29, 1.82) is 0 Å². The monoisotopic (exact) mass is 782 g/mol. The molecule has 8 heteroatoms. The molecule has 0 radical (unpaired) electrons. The fourth-order valence-electron chi connectivity index (χ4n) is 3.71. The van der Waals surface area contributed by atoms with Gasteiger partial charge in [0.15, 0.2) is 0 Å². The normalized spacial score (nSPS) is 10.0. The van der Waals surface area contributed by atoms with E-state index in [1.165, 1.54) is 42.0 Å². The molecule has 0 saturated carbocycles. The second-order valence-electron chi connectivity index (χ2n) is 8.00. The summed E-state index contributed by atoms with van der Waals surface area (Å²) in [4.78, 5) is 0. The van der Waals surface area contributed by atoms with Crippen molar-refractivity contribution in [2.75, 3.05) is 0 Å². The summed E-state index contributed by atoms with van der Waals surface area (Å²) in [7, 11) is 3.10. The van der Waals surface area contributed by atoms with Crippen LogP contribution in [0.2, 0.25) is 0 Å². The molecule has 0 N–H and O–H groups in total. The summed E-state index contributed by atoms with van der Waals surface area (Å²) in [5, 5.41) is 11.1. The third kappa shape index (κ3) is 10.9. The van der Waals surface area contributed by atoms with Crippen molar-refractivity contribution in [1.82, 2.24) is 0 Å². The Hall–Kier alpha value is -0.614. The van der Waals surface area contributed by atoms with Gasteiger partial charge in [0.25, 0.3) is 0 Å². The molecule has 0 bridgehead atoms. The van der Waals surface area contributed by atoms with Crippen molar-refractivity contribution in [2.24, 2.45) is 0 Å². The van der Waals surface area contributed by atoms with Gasteiger partial charge in [-0.2, -0.15) is 89.5 Å². The Labute approximate surface area is 293 Å². The minimum Gasteiger partial charge on any atom is -1.00 e. The number of halogens is 2. The van der Waals surface area contributed by atoms with Gasteiger partial charge in [0.2, 0.25) is 0 Å². The van der Waals surface area contributed by atoms with Gasteiger partial charge in [-0.15, -0.1) is 48.5 Å². The van der Waals surface area contributed by atoms with Gasteiger partial charge in [0, 0.05) is 0 Å². The van der Waals surface area contributed by atoms with Crippen molar-refractivity contribution < 1.29 is 77.2 Å². The first-order chi connectivity index (χ1) is 17.9. The third-order valence-corrected chi connectivity index (χ3v) is 9.63. The van der Waals surface area contributed by atoms with Crippen molar-refractivity contribution in [2.45, 2.75) is 0 Å². The molecule has 196 valence electrons. The van der Waals surface area contributed by atoms with Gasteiger partial charge in [0.05, 0.1) is 0 Å². The number of rotatable bonds is 0. The maximum Gasteiger partial charge on any atom is 2.00 e. The maximum absolute atomic E-state index is 3.19. The Morgan fingerprint density at radius 3 is 0.725 bits per heavy atom. The average Bonchev–Trinajstić information content (AvgIpc) is 3.76. The molecule has 4 heterocycles. The Balaban J connectivity index is 0.000000258. The Bertz CT molecular complexity index is 1400. The summed E-state index contributed by atoms with van der Waals surface area (Å²) in [6.45, 7) is 0. The van der Waals surface area contributed by atoms with E-state index in [2.05, 4.69) is 145 Å². The average molecular weight is 786 g/mol. The van der Waals surface area contributed by atoms with Gasteiger partial charge in [0.1, 0.15) is 0 Å². The zero-order valence-electron chi connectivity index (χ0n) is 21.3. The fraction of sp³-hybridized carbons (Fsp3) is 0. The standard InChI is InChI=1S/4C8H6P.2ClH.2Zr/c4*1-2-4-8-7(3-1)5-6-9-8;;;;/h4*1-5,9H;2*1H;;/q4*-1;;;2*+2/p-2. The van der Waals surface area contributed by atoms with Crippen LogP contribution in [0.25, 0.3) is 42.0 Å². The molecule has 0 aliphatic heterocycles. The quantitative estimate of drug-likeness (QED) is 0.196. The zero-order chi connectivity index (χ0) is 24.4. The van der Waals surface area contributed by atoms with E-state index in [9.17, 15) is 0 Å². The molecule has 8 rings (SSSR count). The number of benzene rings is 4. The molecule has 0 aliphatic carbocycles. The number of hydrogen-bond donors (Lipinski definition) is 0. The van der Waals surface area contributed by atoms with Crippen LogP contribution in [0.4, 0.5) is 0 Å². The first-order valence-electron chi connectivity index (χ1n) is 11.6. The third-order valence-electron chi connectivity index (χ3n) is 5.58. The number of hydrogen-bond acceptors (Lipinski definition) is 0. The van der Waals surface area contributed by atoms with Crippen LogP contribution in [0.1, 0.15) is 0 Å². The summed E-state index contributed by atoms with van der Waals surface area (Å²) < 4.78 is 0. The molecule has 4 unspecified atom stereocenters. The summed E-state index contributed by atoms with van der Waals surface area (Å²) in [5.41, 5.74) is 0. The molecule has 0 nitrogen and oxygen atoms in total. The first-order valence-corrected chi connectivity index (χ1v) is 15.6. The van der Waals surface area contributed by atoms with Crippen LogP contribution < -0.4 is 24.8 Å². The SMILES string of the molecule is [Cl-].[Cl-].[Zr+2].[Zr+2].[c-]1cc2ccccc2[pH]1.[c-]1cc2ccccc2[pH]1.[c-]1cc2ccccc2[pH]1.[c-]1cc2ccccc2[pH]1. The fourth-order valence-corrected chi connectivity index (χ4v) is 7.16. The summed E-state index contributed by atoms with van der Waals surface area (Å²) in [6, 6.07) is 41.9. The predicted octanol–water partition coefficient (Wildman–Crippen LogP) is 4.69. The molecule has 4 atom stereocenters. The van der Waals surface area contributed by atoms with E-state index >= 15 is 0 Å². The van der Waals surface area contributed by atoms with Gasteiger partial charge in [-0.05, 0) is 0 Å². The van der Waals surface area contributed by atoms with Crippen LogP contribution >= 0.6 is 32.8 Å². The zero-order valence-corrected chi connectivity index (χ0v) is 31.7. The van der Waals surface area contributed by atoms with Crippen molar-refractivity contribution in [3.63, 3.8) is 0 Å². The first kappa shape index (κ1) is 37.4. The Morgan fingerprint density at radius 1 is 0.325 bits per heavy atom. The maximum atomic E-state index is 3.19. The summed E-state index contributed by atoms with van der Waals surface area (Å²) in [5.74, 6) is 12.8. The van der Waals surface area contributed by atoms with Crippen LogP contribution in [-0.4, -0.2) is 0 Å². The van der Waals surface area contributed by atoms with Gasteiger partial charge in [-0.3, -0.25) is 32.8 Å². The molecule has 8 aromatic rings. The smallest absolute Gasteiger partial charge is 1.00 e. The van der Waals surface area contributed by atoms with Gasteiger partial charge < -0.3 is 24.8 Å². The summed E-state index contributed by atoms with van der Waals surface area (Å²) >= 11 is 0. The van der Waals surface area contributed by atoms with E-state index in [-0.39, 0.29) is 77.2 Å². The van der Waals surface area contributed by atoms with Gasteiger partial charge >= 0.3 is 52.4 Å². The topological polar surface area (TPSA) is 0 Å². The van der Waals surface area contributed by atoms with Crippen molar-refractivity contribution >= 4 is 74.8 Å². The number of fused-ring (bicyclic) bond motifs is 4. The molecule has 4 aromatic carbocycles. The molecular formula is C32H24Cl2P4Zr2-2. The molecule has 0 saturated heterocycles. The van der Waals surface area contributed by atoms with Crippen LogP contribution in [0.15, 0.2) is 121 Å². The van der Waals surface area contributed by atoms with Crippen molar-refractivity contribution in [3.8, 4) is 0 Å². The predicted molar refractivity (Wildman–Crippen MR) is 169 cm³/mol. The molecular weight excluding hydrogens is 762 g/mol. The molecule has 0 spiro atoms. The summed E-state index contributed by atoms with van der Waals surface area (Å²) in [6.07, 6.45) is 0. The van der Waals surface area contributed by atoms with Gasteiger partial charge in [-0.25, -0.2) is 0 Å². The van der Waals surface area contributed by atoms with Crippen LogP contribution in [-0.2, 0) is 52.4 Å². The minimum atomic E-state index is 0. The molecule has 40 heavy (non-hydrogen) atoms. The van der Waals surface area contributed by atoms with Crippen LogP contribution in [0.5, 0.6) is 0 Å². The Morgan fingerprint density at radius 2 is 0.525 bits per heavy atom. The van der Waals surface area contributed by atoms with E-state index < -0.39 is 0 Å². The van der Waals surface area contributed by atoms with E-state index in [1.54, 1.807) is 0 Å². The molecule has 0 fully saturated rings. The molecule has 0 amide bonds. The molecule has 4 aromatic heterocycles. The minimum absolute atomic E-state index is 0. The Kier molecular flexibility index (Phi) is 19.0. The van der Waals surface area contributed by atoms with E-state index in [0.29, 0.717) is 0 Å². The largest absolute Gasteiger partial charge is 2.00 e. The van der Waals surface area contributed by atoms with E-state index in [4.69, 9.17) is 0 Å². The van der Waals surface area contributed by atoms with Gasteiger partial charge in [-0.1, -0.05) is 48.5 Å². The van der Waals surface area contributed by atoms with Crippen molar-refractivity contribution in [3.05, 3.63) is 145 Å².